The number of nitrogen functional groups attached to an aromatic ring is 1. The summed E-state index contributed by atoms with van der Waals surface area (Å²) in [4.78, 5) is 19.2. The summed E-state index contributed by atoms with van der Waals surface area (Å²) in [6.45, 7) is -0.390. The van der Waals surface area contributed by atoms with E-state index in [1.54, 1.807) is 30.9 Å². The van der Waals surface area contributed by atoms with E-state index in [2.05, 4.69) is 40.3 Å². The van der Waals surface area contributed by atoms with Crippen LogP contribution in [-0.4, -0.2) is 85.1 Å². The van der Waals surface area contributed by atoms with Gasteiger partial charge in [-0.3, -0.25) is 4.57 Å². The summed E-state index contributed by atoms with van der Waals surface area (Å²) >= 11 is 0. The number of fused-ring (bicyclic) bond motifs is 1. The highest BCUT2D eigenvalue weighted by molar-refractivity contribution is 5.81. The molecule has 5 heterocycles. The number of nitrogens with one attached hydrogen (secondary N) is 1. The maximum Gasteiger partial charge on any atom is 0.167 e. The molecule has 14 heteroatoms. The Labute approximate surface area is 169 Å². The van der Waals surface area contributed by atoms with E-state index in [0.29, 0.717) is 11.2 Å². The van der Waals surface area contributed by atoms with E-state index < -0.39 is 31.1 Å². The van der Waals surface area contributed by atoms with E-state index in [0.717, 1.165) is 0 Å². The van der Waals surface area contributed by atoms with Crippen LogP contribution in [0.15, 0.2) is 49.8 Å². The number of hydrogen-bond acceptors (Lipinski definition) is 12. The fourth-order valence-electron chi connectivity index (χ4n) is 2.59. The summed E-state index contributed by atoms with van der Waals surface area (Å²) in [5.74, 6) is 0.218. The van der Waals surface area contributed by atoms with Crippen molar-refractivity contribution in [2.45, 2.75) is 24.5 Å². The van der Waals surface area contributed by atoms with Gasteiger partial charge in [0.05, 0.1) is 25.3 Å². The summed E-state index contributed by atoms with van der Waals surface area (Å²) in [6.07, 6.45) is 6.62. The summed E-state index contributed by atoms with van der Waals surface area (Å²) in [5, 5.41) is 38.1. The van der Waals surface area contributed by atoms with Crippen molar-refractivity contribution in [3.8, 4) is 0 Å². The Hall–Kier alpha value is -3.59. The second-order valence-corrected chi connectivity index (χ2v) is 5.87. The van der Waals surface area contributed by atoms with E-state index in [9.17, 15) is 10.2 Å². The highest BCUT2D eigenvalue weighted by Crippen LogP contribution is 2.31. The topological polar surface area (TPSA) is 207 Å². The molecule has 1 aliphatic rings. The van der Waals surface area contributed by atoms with Crippen molar-refractivity contribution in [3.63, 3.8) is 0 Å². The zero-order chi connectivity index (χ0) is 21.3. The molecule has 0 bridgehead atoms. The molecular formula is C16H20N10O4. The molecule has 4 aromatic rings. The Bertz CT molecular complexity index is 956. The van der Waals surface area contributed by atoms with Crippen molar-refractivity contribution in [2.75, 3.05) is 12.3 Å². The zero-order valence-electron chi connectivity index (χ0n) is 15.5. The molecule has 1 saturated heterocycles. The second kappa shape index (κ2) is 10.3. The number of aliphatic hydroxyl groups excluding tert-OH is 3. The average Bonchev–Trinajstić information content (AvgIpc) is 3.54. The number of hydrogen-bond donors (Lipinski definition) is 5. The molecule has 0 unspecified atom stereocenters. The van der Waals surface area contributed by atoms with Crippen LogP contribution < -0.4 is 5.73 Å². The molecule has 4 atom stereocenters. The Morgan fingerprint density at radius 1 is 1.00 bits per heavy atom. The van der Waals surface area contributed by atoms with Gasteiger partial charge in [0, 0.05) is 12.4 Å². The van der Waals surface area contributed by atoms with Crippen LogP contribution in [0, 0.1) is 0 Å². The van der Waals surface area contributed by atoms with Gasteiger partial charge in [-0.15, -0.1) is 0 Å². The van der Waals surface area contributed by atoms with Gasteiger partial charge in [-0.25, -0.2) is 24.9 Å². The van der Waals surface area contributed by atoms with Crippen LogP contribution in [0.2, 0.25) is 0 Å². The zero-order valence-corrected chi connectivity index (χ0v) is 15.5. The first-order chi connectivity index (χ1) is 14.6. The highest BCUT2D eigenvalue weighted by Gasteiger charge is 2.43. The molecule has 158 valence electrons. The molecule has 6 N–H and O–H groups in total. The first kappa shape index (κ1) is 21.1. The Kier molecular flexibility index (Phi) is 7.23. The van der Waals surface area contributed by atoms with Crippen molar-refractivity contribution >= 4 is 17.0 Å². The molecule has 0 spiro atoms. The van der Waals surface area contributed by atoms with Crippen LogP contribution in [0.25, 0.3) is 11.2 Å². The van der Waals surface area contributed by atoms with Crippen molar-refractivity contribution in [1.29, 1.82) is 0 Å². The summed E-state index contributed by atoms with van der Waals surface area (Å²) in [6, 6.07) is 1.78. The fourth-order valence-corrected chi connectivity index (χ4v) is 2.59. The Balaban J connectivity index is 0.000000189. The van der Waals surface area contributed by atoms with E-state index in [4.69, 9.17) is 15.6 Å². The SMILES string of the molecule is Nc1ncnc2c1ncn2[C@@H]1O[C@H](CO)[C@@H](O)[C@H]1O.c1cn[nH]n1.c1cncnc1. The van der Waals surface area contributed by atoms with Crippen LogP contribution in [0.4, 0.5) is 5.82 Å². The highest BCUT2D eigenvalue weighted by atomic mass is 16.6. The number of aromatic amines is 1. The van der Waals surface area contributed by atoms with Gasteiger partial charge in [-0.05, 0) is 6.07 Å². The number of anilines is 1. The summed E-state index contributed by atoms with van der Waals surface area (Å²) in [5.41, 5.74) is 6.44. The third-order valence-electron chi connectivity index (χ3n) is 3.99. The summed E-state index contributed by atoms with van der Waals surface area (Å²) < 4.78 is 6.85. The maximum atomic E-state index is 9.95. The van der Waals surface area contributed by atoms with E-state index in [1.807, 2.05) is 0 Å². The first-order valence-corrected chi connectivity index (χ1v) is 8.68. The molecule has 4 aromatic heterocycles. The van der Waals surface area contributed by atoms with Gasteiger partial charge in [0.25, 0.3) is 0 Å². The molecule has 0 aromatic carbocycles. The van der Waals surface area contributed by atoms with E-state index in [1.165, 1.54) is 23.5 Å². The van der Waals surface area contributed by atoms with Gasteiger partial charge < -0.3 is 25.8 Å². The molecule has 0 saturated carbocycles. The van der Waals surface area contributed by atoms with Crippen LogP contribution in [0.3, 0.4) is 0 Å². The minimum atomic E-state index is -1.19. The normalized spacial score (nSPS) is 22.6. The van der Waals surface area contributed by atoms with Gasteiger partial charge in [0.2, 0.25) is 0 Å². The standard InChI is InChI=1S/C10H13N5O4.C4H4N2.C2H3N3/c11-8-5-9(13-2-12-8)15(3-14-5)10-7(18)6(17)4(1-16)19-10;1-2-5-4-6-3-1;1-2-4-5-3-1/h2-4,6-7,10,16-18H,1H2,(H2,11,12,13);1-4H;1-2H,(H,3,4,5)/t4-,6-,7-,10-;;/m1../s1. The Morgan fingerprint density at radius 2 is 1.73 bits per heavy atom. The molecule has 0 aliphatic carbocycles. The lowest BCUT2D eigenvalue weighted by Gasteiger charge is -2.16. The molecular weight excluding hydrogens is 396 g/mol. The predicted octanol–water partition coefficient (Wildman–Crippen LogP) is -1.70. The lowest BCUT2D eigenvalue weighted by atomic mass is 10.1. The van der Waals surface area contributed by atoms with Crippen molar-refractivity contribution < 1.29 is 20.1 Å². The minimum Gasteiger partial charge on any atom is -0.394 e. The lowest BCUT2D eigenvalue weighted by Crippen LogP contribution is -2.33. The number of imidazole rings is 1. The van der Waals surface area contributed by atoms with Crippen LogP contribution in [0.1, 0.15) is 6.23 Å². The van der Waals surface area contributed by atoms with Crippen LogP contribution in [-0.2, 0) is 4.74 Å². The average molecular weight is 416 g/mol. The molecule has 14 nitrogen and oxygen atoms in total. The Morgan fingerprint density at radius 3 is 2.23 bits per heavy atom. The van der Waals surface area contributed by atoms with Crippen molar-refractivity contribution in [1.82, 2.24) is 44.9 Å². The van der Waals surface area contributed by atoms with Gasteiger partial charge in [0.1, 0.15) is 36.5 Å². The molecule has 5 rings (SSSR count). The van der Waals surface area contributed by atoms with Gasteiger partial charge in [-0.2, -0.15) is 15.4 Å². The second-order valence-electron chi connectivity index (χ2n) is 5.87. The number of nitrogens with zero attached hydrogens (tertiary/aromatic N) is 8. The smallest absolute Gasteiger partial charge is 0.167 e. The van der Waals surface area contributed by atoms with Gasteiger partial charge in [0.15, 0.2) is 17.7 Å². The molecule has 30 heavy (non-hydrogen) atoms. The van der Waals surface area contributed by atoms with Crippen LogP contribution >= 0.6 is 0 Å². The van der Waals surface area contributed by atoms with Crippen molar-refractivity contribution in [2.24, 2.45) is 0 Å². The van der Waals surface area contributed by atoms with E-state index >= 15 is 0 Å². The molecule has 0 amide bonds. The van der Waals surface area contributed by atoms with Gasteiger partial charge >= 0.3 is 0 Å². The van der Waals surface area contributed by atoms with E-state index in [-0.39, 0.29) is 5.82 Å². The maximum absolute atomic E-state index is 9.95. The number of aliphatic hydroxyl groups is 3. The fraction of sp³-hybridized carbons (Fsp3) is 0.312. The number of H-pyrrole nitrogens is 1. The molecule has 1 fully saturated rings. The molecule has 1 aliphatic heterocycles. The number of aromatic nitrogens is 9. The summed E-state index contributed by atoms with van der Waals surface area (Å²) in [7, 11) is 0. The largest absolute Gasteiger partial charge is 0.394 e. The number of nitrogens with two attached hydrogens (primary N) is 1. The number of ether oxygens (including phenoxy) is 1. The monoisotopic (exact) mass is 416 g/mol. The third-order valence-corrected chi connectivity index (χ3v) is 3.99. The first-order valence-electron chi connectivity index (χ1n) is 8.68. The van der Waals surface area contributed by atoms with Gasteiger partial charge in [-0.1, -0.05) is 0 Å². The van der Waals surface area contributed by atoms with Crippen molar-refractivity contribution in [3.05, 3.63) is 49.8 Å². The molecule has 0 radical (unpaired) electrons. The quantitative estimate of drug-likeness (QED) is 0.248. The minimum absolute atomic E-state index is 0.218. The lowest BCUT2D eigenvalue weighted by molar-refractivity contribution is -0.0511. The predicted molar refractivity (Wildman–Crippen MR) is 101 cm³/mol. The van der Waals surface area contributed by atoms with Crippen LogP contribution in [0.5, 0.6) is 0 Å². The number of rotatable bonds is 2. The third kappa shape index (κ3) is 4.87.